The van der Waals surface area contributed by atoms with E-state index in [1.54, 1.807) is 0 Å². The van der Waals surface area contributed by atoms with Gasteiger partial charge in [-0.15, -0.1) is 0 Å². The van der Waals surface area contributed by atoms with Crippen molar-refractivity contribution >= 4 is 0 Å². The van der Waals surface area contributed by atoms with Crippen molar-refractivity contribution in [2.24, 2.45) is 5.73 Å². The zero-order valence-corrected chi connectivity index (χ0v) is 11.4. The van der Waals surface area contributed by atoms with Crippen molar-refractivity contribution in [3.63, 3.8) is 0 Å². The Labute approximate surface area is 118 Å². The molecule has 0 aliphatic carbocycles. The van der Waals surface area contributed by atoms with Crippen molar-refractivity contribution in [2.45, 2.75) is 37.9 Å². The Morgan fingerprint density at radius 1 is 1.15 bits per heavy atom. The molecule has 2 heterocycles. The fourth-order valence-corrected chi connectivity index (χ4v) is 2.46. The first-order chi connectivity index (χ1) is 9.85. The highest BCUT2D eigenvalue weighted by atomic mass is 16.5. The van der Waals surface area contributed by atoms with E-state index in [0.717, 1.165) is 31.5 Å². The number of hydrogen-bond acceptors (Lipinski definition) is 5. The highest BCUT2D eigenvalue weighted by Crippen LogP contribution is 2.31. The SMILES string of the molecule is NC[C@@H]1CC[C@@H](c2nc(CCc3ccccc3)no2)O1. The summed E-state index contributed by atoms with van der Waals surface area (Å²) in [5.74, 6) is 1.33. The smallest absolute Gasteiger partial charge is 0.255 e. The van der Waals surface area contributed by atoms with Crippen LogP contribution in [0.4, 0.5) is 0 Å². The lowest BCUT2D eigenvalue weighted by Crippen LogP contribution is -2.18. The molecule has 2 atom stereocenters. The van der Waals surface area contributed by atoms with Crippen LogP contribution in [0, 0.1) is 0 Å². The van der Waals surface area contributed by atoms with Crippen molar-refractivity contribution in [1.82, 2.24) is 10.1 Å². The lowest BCUT2D eigenvalue weighted by atomic mass is 10.1. The van der Waals surface area contributed by atoms with Crippen LogP contribution in [-0.2, 0) is 17.6 Å². The van der Waals surface area contributed by atoms with Crippen LogP contribution in [0.3, 0.4) is 0 Å². The predicted octanol–water partition coefficient (Wildman–Crippen LogP) is 2.03. The molecule has 3 rings (SSSR count). The third-order valence-electron chi connectivity index (χ3n) is 3.61. The fourth-order valence-electron chi connectivity index (χ4n) is 2.46. The Morgan fingerprint density at radius 2 is 2.00 bits per heavy atom. The largest absolute Gasteiger partial charge is 0.364 e. The number of ether oxygens (including phenoxy) is 1. The second-order valence-corrected chi connectivity index (χ2v) is 5.09. The second kappa shape index (κ2) is 6.15. The van der Waals surface area contributed by atoms with Gasteiger partial charge in [-0.2, -0.15) is 4.98 Å². The van der Waals surface area contributed by atoms with E-state index in [4.69, 9.17) is 15.0 Å². The summed E-state index contributed by atoms with van der Waals surface area (Å²) in [6.07, 6.45) is 3.60. The molecule has 106 valence electrons. The minimum atomic E-state index is -0.0819. The van der Waals surface area contributed by atoms with E-state index in [1.165, 1.54) is 5.56 Å². The predicted molar refractivity (Wildman–Crippen MR) is 74.1 cm³/mol. The molecule has 1 fully saturated rings. The Balaban J connectivity index is 1.57. The van der Waals surface area contributed by atoms with E-state index >= 15 is 0 Å². The summed E-state index contributed by atoms with van der Waals surface area (Å²) in [6, 6.07) is 10.3. The van der Waals surface area contributed by atoms with Crippen LogP contribution in [0.5, 0.6) is 0 Å². The first-order valence-electron chi connectivity index (χ1n) is 7.07. The van der Waals surface area contributed by atoms with E-state index < -0.39 is 0 Å². The number of aromatic nitrogens is 2. The highest BCUT2D eigenvalue weighted by molar-refractivity contribution is 5.15. The van der Waals surface area contributed by atoms with Crippen LogP contribution >= 0.6 is 0 Å². The third-order valence-corrected chi connectivity index (χ3v) is 3.61. The monoisotopic (exact) mass is 273 g/mol. The summed E-state index contributed by atoms with van der Waals surface area (Å²) in [5, 5.41) is 4.03. The molecule has 1 aliphatic heterocycles. The molecule has 5 heteroatoms. The van der Waals surface area contributed by atoms with Crippen LogP contribution in [-0.4, -0.2) is 22.8 Å². The average molecular weight is 273 g/mol. The molecule has 0 spiro atoms. The molecule has 2 N–H and O–H groups in total. The first kappa shape index (κ1) is 13.3. The maximum atomic E-state index is 5.75. The average Bonchev–Trinajstić information content (AvgIpc) is 3.15. The summed E-state index contributed by atoms with van der Waals surface area (Å²) in [7, 11) is 0. The molecular formula is C15H19N3O2. The molecule has 1 saturated heterocycles. The fraction of sp³-hybridized carbons (Fsp3) is 0.467. The zero-order chi connectivity index (χ0) is 13.8. The van der Waals surface area contributed by atoms with Crippen molar-refractivity contribution in [2.75, 3.05) is 6.54 Å². The number of hydrogen-bond donors (Lipinski definition) is 1. The Bertz CT molecular complexity index is 541. The minimum absolute atomic E-state index is 0.0819. The van der Waals surface area contributed by atoms with Gasteiger partial charge in [0, 0.05) is 13.0 Å². The van der Waals surface area contributed by atoms with E-state index in [2.05, 4.69) is 22.3 Å². The standard InChI is InChI=1S/C15H19N3O2/c16-10-12-7-8-13(19-12)15-17-14(18-20-15)9-6-11-4-2-1-3-5-11/h1-5,12-13H,6-10,16H2/t12-,13-/m0/s1. The Morgan fingerprint density at radius 3 is 2.75 bits per heavy atom. The van der Waals surface area contributed by atoms with Gasteiger partial charge in [0.05, 0.1) is 6.10 Å². The maximum Gasteiger partial charge on any atom is 0.255 e. The van der Waals surface area contributed by atoms with Gasteiger partial charge >= 0.3 is 0 Å². The molecule has 0 saturated carbocycles. The number of aryl methyl sites for hydroxylation is 2. The molecule has 0 unspecified atom stereocenters. The summed E-state index contributed by atoms with van der Waals surface area (Å²) in [5.41, 5.74) is 6.88. The van der Waals surface area contributed by atoms with Gasteiger partial charge in [-0.1, -0.05) is 35.5 Å². The molecule has 1 aromatic carbocycles. The van der Waals surface area contributed by atoms with Gasteiger partial charge in [0.25, 0.3) is 5.89 Å². The number of benzene rings is 1. The molecule has 0 radical (unpaired) electrons. The van der Waals surface area contributed by atoms with Crippen molar-refractivity contribution in [3.8, 4) is 0 Å². The van der Waals surface area contributed by atoms with Crippen LogP contribution in [0.2, 0.25) is 0 Å². The molecule has 1 aliphatic rings. The summed E-state index contributed by atoms with van der Waals surface area (Å²) >= 11 is 0. The van der Waals surface area contributed by atoms with E-state index in [0.29, 0.717) is 12.4 Å². The molecular weight excluding hydrogens is 254 g/mol. The first-order valence-corrected chi connectivity index (χ1v) is 7.07. The van der Waals surface area contributed by atoms with Crippen molar-refractivity contribution in [3.05, 3.63) is 47.6 Å². The van der Waals surface area contributed by atoms with Crippen LogP contribution in [0.1, 0.15) is 36.2 Å². The Kier molecular flexibility index (Phi) is 4.08. The lowest BCUT2D eigenvalue weighted by molar-refractivity contribution is 0.0307. The van der Waals surface area contributed by atoms with Crippen LogP contribution < -0.4 is 5.73 Å². The van der Waals surface area contributed by atoms with Crippen molar-refractivity contribution < 1.29 is 9.26 Å². The number of rotatable bonds is 5. The van der Waals surface area contributed by atoms with Gasteiger partial charge in [-0.05, 0) is 24.8 Å². The van der Waals surface area contributed by atoms with Crippen LogP contribution in [0.15, 0.2) is 34.9 Å². The number of nitrogens with two attached hydrogens (primary N) is 1. The van der Waals surface area contributed by atoms with Gasteiger partial charge in [0.2, 0.25) is 0 Å². The van der Waals surface area contributed by atoms with Gasteiger partial charge in [-0.25, -0.2) is 0 Å². The summed E-state index contributed by atoms with van der Waals surface area (Å²) < 4.78 is 11.1. The lowest BCUT2D eigenvalue weighted by Gasteiger charge is -2.07. The quantitative estimate of drug-likeness (QED) is 0.902. The Hall–Kier alpha value is -1.72. The van der Waals surface area contributed by atoms with E-state index in [9.17, 15) is 0 Å². The zero-order valence-electron chi connectivity index (χ0n) is 11.4. The van der Waals surface area contributed by atoms with Crippen molar-refractivity contribution in [1.29, 1.82) is 0 Å². The third kappa shape index (κ3) is 3.05. The normalized spacial score (nSPS) is 22.2. The van der Waals surface area contributed by atoms with E-state index in [1.807, 2.05) is 18.2 Å². The molecule has 0 bridgehead atoms. The van der Waals surface area contributed by atoms with Crippen LogP contribution in [0.25, 0.3) is 0 Å². The summed E-state index contributed by atoms with van der Waals surface area (Å²) in [6.45, 7) is 0.547. The van der Waals surface area contributed by atoms with E-state index in [-0.39, 0.29) is 12.2 Å². The summed E-state index contributed by atoms with van der Waals surface area (Å²) in [4.78, 5) is 4.43. The number of nitrogens with zero attached hydrogens (tertiary/aromatic N) is 2. The second-order valence-electron chi connectivity index (χ2n) is 5.09. The molecule has 2 aromatic rings. The molecule has 5 nitrogen and oxygen atoms in total. The topological polar surface area (TPSA) is 74.2 Å². The molecule has 0 amide bonds. The molecule has 1 aromatic heterocycles. The molecule has 20 heavy (non-hydrogen) atoms. The van der Waals surface area contributed by atoms with Gasteiger partial charge in [0.15, 0.2) is 5.82 Å². The van der Waals surface area contributed by atoms with Gasteiger partial charge in [0.1, 0.15) is 6.10 Å². The maximum absolute atomic E-state index is 5.75. The van der Waals surface area contributed by atoms with Gasteiger partial charge < -0.3 is 15.0 Å². The minimum Gasteiger partial charge on any atom is -0.364 e. The van der Waals surface area contributed by atoms with Gasteiger partial charge in [-0.3, -0.25) is 0 Å². The highest BCUT2D eigenvalue weighted by Gasteiger charge is 2.29.